The van der Waals surface area contributed by atoms with Crippen molar-refractivity contribution in [3.05, 3.63) is 53.5 Å². The van der Waals surface area contributed by atoms with Gasteiger partial charge in [-0.2, -0.15) is 5.10 Å². The Kier molecular flexibility index (Phi) is 4.23. The van der Waals surface area contributed by atoms with Crippen LogP contribution in [0.4, 0.5) is 0 Å². The Bertz CT molecular complexity index is 772. The van der Waals surface area contributed by atoms with Crippen molar-refractivity contribution in [1.82, 2.24) is 20.5 Å². The van der Waals surface area contributed by atoms with Gasteiger partial charge in [-0.1, -0.05) is 25.1 Å². The zero-order valence-electron chi connectivity index (χ0n) is 12.6. The van der Waals surface area contributed by atoms with E-state index in [2.05, 4.69) is 33.5 Å². The summed E-state index contributed by atoms with van der Waals surface area (Å²) in [6.07, 6.45) is 4.10. The van der Waals surface area contributed by atoms with E-state index in [0.29, 0.717) is 13.0 Å². The molecule has 3 aromatic rings. The second-order valence-electron chi connectivity index (χ2n) is 5.37. The van der Waals surface area contributed by atoms with E-state index in [9.17, 15) is 4.79 Å². The second kappa shape index (κ2) is 6.47. The van der Waals surface area contributed by atoms with Crippen molar-refractivity contribution in [2.75, 3.05) is 0 Å². The number of carbonyl (C=O) groups excluding carboxylic acids is 1. The van der Waals surface area contributed by atoms with Crippen molar-refractivity contribution < 1.29 is 4.79 Å². The molecular formula is C17H20N4O. The molecule has 1 amide bonds. The number of H-pyrrole nitrogens is 2. The largest absolute Gasteiger partial charge is 0.361 e. The molecule has 3 rings (SSSR count). The summed E-state index contributed by atoms with van der Waals surface area (Å²) in [5, 5.41) is 11.2. The lowest BCUT2D eigenvalue weighted by molar-refractivity contribution is -0.121. The molecule has 0 saturated carbocycles. The number of aromatic nitrogens is 3. The third kappa shape index (κ3) is 3.19. The topological polar surface area (TPSA) is 73.6 Å². The number of para-hydroxylation sites is 1. The van der Waals surface area contributed by atoms with Crippen molar-refractivity contribution >= 4 is 16.8 Å². The molecule has 0 unspecified atom stereocenters. The second-order valence-corrected chi connectivity index (χ2v) is 5.37. The predicted molar refractivity (Wildman–Crippen MR) is 86.4 cm³/mol. The van der Waals surface area contributed by atoms with E-state index in [1.165, 1.54) is 10.9 Å². The van der Waals surface area contributed by atoms with Crippen LogP contribution in [0.25, 0.3) is 10.9 Å². The number of nitrogens with one attached hydrogen (secondary N) is 3. The van der Waals surface area contributed by atoms with Crippen molar-refractivity contribution in [3.63, 3.8) is 0 Å². The summed E-state index contributed by atoms with van der Waals surface area (Å²) in [5.74, 6) is 0.0536. The number of aryl methyl sites for hydroxylation is 2. The summed E-state index contributed by atoms with van der Waals surface area (Å²) >= 11 is 0. The van der Waals surface area contributed by atoms with Crippen molar-refractivity contribution in [2.24, 2.45) is 0 Å². The van der Waals surface area contributed by atoms with Crippen LogP contribution in [0, 0.1) is 0 Å². The van der Waals surface area contributed by atoms with Crippen LogP contribution in [-0.2, 0) is 24.2 Å². The van der Waals surface area contributed by atoms with E-state index in [-0.39, 0.29) is 5.91 Å². The average molecular weight is 296 g/mol. The first-order valence-electron chi connectivity index (χ1n) is 7.61. The number of rotatable bonds is 6. The van der Waals surface area contributed by atoms with Gasteiger partial charge in [0.05, 0.1) is 17.9 Å². The van der Waals surface area contributed by atoms with Crippen LogP contribution in [0.1, 0.15) is 30.3 Å². The minimum Gasteiger partial charge on any atom is -0.361 e. The fourth-order valence-electron chi connectivity index (χ4n) is 2.55. The van der Waals surface area contributed by atoms with E-state index in [4.69, 9.17) is 0 Å². The van der Waals surface area contributed by atoms with E-state index in [1.54, 1.807) is 0 Å². The van der Waals surface area contributed by atoms with E-state index in [0.717, 1.165) is 29.7 Å². The zero-order valence-corrected chi connectivity index (χ0v) is 12.6. The van der Waals surface area contributed by atoms with Gasteiger partial charge in [-0.15, -0.1) is 0 Å². The maximum Gasteiger partial charge on any atom is 0.220 e. The molecule has 0 aliphatic rings. The van der Waals surface area contributed by atoms with Gasteiger partial charge in [-0.05, 0) is 30.5 Å². The molecule has 5 heteroatoms. The molecule has 0 aliphatic carbocycles. The van der Waals surface area contributed by atoms with Gasteiger partial charge in [0.25, 0.3) is 0 Å². The summed E-state index contributed by atoms with van der Waals surface area (Å²) in [7, 11) is 0. The highest BCUT2D eigenvalue weighted by Gasteiger charge is 2.07. The van der Waals surface area contributed by atoms with E-state index in [1.807, 2.05) is 30.5 Å². The average Bonchev–Trinajstić information content (AvgIpc) is 3.17. The van der Waals surface area contributed by atoms with E-state index >= 15 is 0 Å². The minimum atomic E-state index is 0.0536. The first-order chi connectivity index (χ1) is 10.8. The van der Waals surface area contributed by atoms with Crippen LogP contribution in [0.5, 0.6) is 0 Å². The van der Waals surface area contributed by atoms with E-state index < -0.39 is 0 Å². The third-order valence-corrected chi connectivity index (χ3v) is 3.82. The van der Waals surface area contributed by atoms with Crippen molar-refractivity contribution in [3.8, 4) is 0 Å². The quantitative estimate of drug-likeness (QED) is 0.654. The van der Waals surface area contributed by atoms with Crippen molar-refractivity contribution in [1.29, 1.82) is 0 Å². The molecule has 1 aromatic carbocycles. The lowest BCUT2D eigenvalue weighted by Gasteiger charge is -2.03. The number of fused-ring (bicyclic) bond motifs is 1. The fourth-order valence-corrected chi connectivity index (χ4v) is 2.55. The number of hydrogen-bond donors (Lipinski definition) is 3. The van der Waals surface area contributed by atoms with Crippen molar-refractivity contribution in [2.45, 2.75) is 32.7 Å². The number of nitrogens with zero attached hydrogens (tertiary/aromatic N) is 1. The molecule has 5 nitrogen and oxygen atoms in total. The summed E-state index contributed by atoms with van der Waals surface area (Å²) < 4.78 is 0. The Morgan fingerprint density at radius 1 is 1.32 bits per heavy atom. The van der Waals surface area contributed by atoms with Crippen LogP contribution < -0.4 is 5.32 Å². The van der Waals surface area contributed by atoms with Gasteiger partial charge in [-0.3, -0.25) is 9.89 Å². The van der Waals surface area contributed by atoms with Crippen LogP contribution in [0.3, 0.4) is 0 Å². The normalized spacial score (nSPS) is 11.0. The monoisotopic (exact) mass is 296 g/mol. The molecule has 0 saturated heterocycles. The molecule has 22 heavy (non-hydrogen) atoms. The van der Waals surface area contributed by atoms with Crippen LogP contribution in [-0.4, -0.2) is 21.1 Å². The van der Waals surface area contributed by atoms with Gasteiger partial charge in [0.15, 0.2) is 0 Å². The van der Waals surface area contributed by atoms with Gasteiger partial charge < -0.3 is 10.3 Å². The van der Waals surface area contributed by atoms with Gasteiger partial charge in [0.1, 0.15) is 0 Å². The molecule has 0 spiro atoms. The Hall–Kier alpha value is -2.56. The lowest BCUT2D eigenvalue weighted by Crippen LogP contribution is -2.23. The molecule has 0 fully saturated rings. The SMILES string of the molecule is CCc1cc(CNC(=O)CCc2c[nH]c3ccccc23)[nH]n1. The van der Waals surface area contributed by atoms with Gasteiger partial charge in [0, 0.05) is 23.5 Å². The minimum absolute atomic E-state index is 0.0536. The predicted octanol–water partition coefficient (Wildman–Crippen LogP) is 2.70. The molecule has 3 N–H and O–H groups in total. The molecule has 0 atom stereocenters. The number of hydrogen-bond acceptors (Lipinski definition) is 2. The summed E-state index contributed by atoms with van der Waals surface area (Å²) in [4.78, 5) is 15.2. The molecule has 0 bridgehead atoms. The Labute approximate surface area is 129 Å². The Balaban J connectivity index is 1.52. The highest BCUT2D eigenvalue weighted by atomic mass is 16.1. The smallest absolute Gasteiger partial charge is 0.220 e. The molecule has 0 radical (unpaired) electrons. The number of aromatic amines is 2. The Morgan fingerprint density at radius 3 is 3.00 bits per heavy atom. The Morgan fingerprint density at radius 2 is 2.18 bits per heavy atom. The molecule has 114 valence electrons. The molecule has 2 aromatic heterocycles. The third-order valence-electron chi connectivity index (χ3n) is 3.82. The molecule has 2 heterocycles. The number of amides is 1. The molecular weight excluding hydrogens is 276 g/mol. The number of carbonyl (C=O) groups is 1. The van der Waals surface area contributed by atoms with Crippen LogP contribution in [0.15, 0.2) is 36.5 Å². The van der Waals surface area contributed by atoms with Gasteiger partial charge >= 0.3 is 0 Å². The fraction of sp³-hybridized carbons (Fsp3) is 0.294. The highest BCUT2D eigenvalue weighted by Crippen LogP contribution is 2.18. The molecule has 0 aliphatic heterocycles. The maximum absolute atomic E-state index is 12.0. The highest BCUT2D eigenvalue weighted by molar-refractivity contribution is 5.84. The summed E-state index contributed by atoms with van der Waals surface area (Å²) in [5.41, 5.74) is 4.25. The lowest BCUT2D eigenvalue weighted by atomic mass is 10.1. The standard InChI is InChI=1S/C17H20N4O/c1-2-13-9-14(21-20-13)11-19-17(22)8-7-12-10-18-16-6-4-3-5-15(12)16/h3-6,9-10,18H,2,7-8,11H2,1H3,(H,19,22)(H,20,21). The maximum atomic E-state index is 12.0. The van der Waals surface area contributed by atoms with Crippen LogP contribution in [0.2, 0.25) is 0 Å². The van der Waals surface area contributed by atoms with Gasteiger partial charge in [-0.25, -0.2) is 0 Å². The summed E-state index contributed by atoms with van der Waals surface area (Å²) in [6, 6.07) is 10.1. The summed E-state index contributed by atoms with van der Waals surface area (Å²) in [6.45, 7) is 2.56. The first-order valence-corrected chi connectivity index (χ1v) is 7.61. The zero-order chi connectivity index (χ0) is 15.4. The first kappa shape index (κ1) is 14.4. The number of benzene rings is 1. The van der Waals surface area contributed by atoms with Gasteiger partial charge in [0.2, 0.25) is 5.91 Å². The van der Waals surface area contributed by atoms with Crippen LogP contribution >= 0.6 is 0 Å².